The number of aromatic nitrogens is 2. The van der Waals surface area contributed by atoms with Crippen molar-refractivity contribution < 1.29 is 14.3 Å². The first-order valence-corrected chi connectivity index (χ1v) is 10.4. The van der Waals surface area contributed by atoms with E-state index in [0.29, 0.717) is 24.6 Å². The monoisotopic (exact) mass is 420 g/mol. The maximum absolute atomic E-state index is 12.6. The van der Waals surface area contributed by atoms with Crippen LogP contribution in [0, 0.1) is 0 Å². The first-order chi connectivity index (χ1) is 15.1. The van der Waals surface area contributed by atoms with Crippen LogP contribution in [0.25, 0.3) is 17.1 Å². The largest absolute Gasteiger partial charge is 0.493 e. The van der Waals surface area contributed by atoms with Crippen LogP contribution < -0.4 is 9.47 Å². The van der Waals surface area contributed by atoms with Crippen molar-refractivity contribution in [3.05, 3.63) is 59.9 Å². The number of piperazine rings is 1. The topological polar surface area (TPSA) is 59.8 Å². The van der Waals surface area contributed by atoms with Gasteiger partial charge >= 0.3 is 0 Å². The van der Waals surface area contributed by atoms with E-state index >= 15 is 0 Å². The molecule has 0 radical (unpaired) electrons. The molecule has 1 amide bonds. The lowest BCUT2D eigenvalue weighted by Gasteiger charge is -2.34. The normalized spacial score (nSPS) is 15.0. The highest BCUT2D eigenvalue weighted by Crippen LogP contribution is 2.28. The standard InChI is InChI=1S/C24H28N4O3/c1-26-20-7-5-4-6-19(20)25-23(26)17-27-12-14-28(15-13-27)24(29)11-9-18-8-10-21(30-2)22(16-18)31-3/h4-11,16H,12-15,17H2,1-3H3/b11-9+. The van der Waals surface area contributed by atoms with E-state index in [1.54, 1.807) is 20.3 Å². The van der Waals surface area contributed by atoms with Crippen molar-refractivity contribution in [2.75, 3.05) is 40.4 Å². The summed E-state index contributed by atoms with van der Waals surface area (Å²) in [5.74, 6) is 2.39. The fourth-order valence-corrected chi connectivity index (χ4v) is 3.89. The van der Waals surface area contributed by atoms with Crippen LogP contribution in [0.4, 0.5) is 0 Å². The van der Waals surface area contributed by atoms with Gasteiger partial charge in [-0.2, -0.15) is 0 Å². The average molecular weight is 421 g/mol. The minimum Gasteiger partial charge on any atom is -0.493 e. The first kappa shape index (κ1) is 20.9. The number of para-hydroxylation sites is 2. The van der Waals surface area contributed by atoms with Crippen LogP contribution in [0.15, 0.2) is 48.5 Å². The van der Waals surface area contributed by atoms with Crippen molar-refractivity contribution in [2.45, 2.75) is 6.54 Å². The summed E-state index contributed by atoms with van der Waals surface area (Å²) < 4.78 is 12.7. The Morgan fingerprint density at radius 1 is 1.03 bits per heavy atom. The molecule has 0 atom stereocenters. The molecule has 0 N–H and O–H groups in total. The summed E-state index contributed by atoms with van der Waals surface area (Å²) in [5.41, 5.74) is 3.06. The summed E-state index contributed by atoms with van der Waals surface area (Å²) in [6.07, 6.45) is 3.44. The van der Waals surface area contributed by atoms with Crippen LogP contribution in [0.2, 0.25) is 0 Å². The fourth-order valence-electron chi connectivity index (χ4n) is 3.89. The second kappa shape index (κ2) is 9.22. The molecule has 2 aromatic carbocycles. The van der Waals surface area contributed by atoms with Crippen LogP contribution in [0.3, 0.4) is 0 Å². The van der Waals surface area contributed by atoms with Gasteiger partial charge in [0.15, 0.2) is 11.5 Å². The molecule has 1 aliphatic rings. The summed E-state index contributed by atoms with van der Waals surface area (Å²) in [7, 11) is 5.26. The summed E-state index contributed by atoms with van der Waals surface area (Å²) in [6.45, 7) is 3.87. The Bertz CT molecular complexity index is 1100. The molecule has 1 fully saturated rings. The molecule has 162 valence electrons. The summed E-state index contributed by atoms with van der Waals surface area (Å²) >= 11 is 0. The van der Waals surface area contributed by atoms with E-state index in [-0.39, 0.29) is 5.91 Å². The molecule has 3 aromatic rings. The molecule has 2 heterocycles. The van der Waals surface area contributed by atoms with Gasteiger partial charge in [0.25, 0.3) is 0 Å². The zero-order valence-corrected chi connectivity index (χ0v) is 18.2. The molecule has 1 aliphatic heterocycles. The first-order valence-electron chi connectivity index (χ1n) is 10.4. The van der Waals surface area contributed by atoms with Crippen molar-refractivity contribution in [3.63, 3.8) is 0 Å². The lowest BCUT2D eigenvalue weighted by Crippen LogP contribution is -2.48. The molecule has 7 nitrogen and oxygen atoms in total. The molecule has 0 unspecified atom stereocenters. The number of amides is 1. The molecule has 1 saturated heterocycles. The zero-order valence-electron chi connectivity index (χ0n) is 18.2. The van der Waals surface area contributed by atoms with Gasteiger partial charge < -0.3 is 18.9 Å². The smallest absolute Gasteiger partial charge is 0.246 e. The van der Waals surface area contributed by atoms with Gasteiger partial charge in [-0.1, -0.05) is 18.2 Å². The molecule has 1 aromatic heterocycles. The third-order valence-electron chi connectivity index (χ3n) is 5.75. The predicted molar refractivity (Wildman–Crippen MR) is 121 cm³/mol. The number of carbonyl (C=O) groups excluding carboxylic acids is 1. The molecule has 7 heteroatoms. The van der Waals surface area contributed by atoms with Crippen molar-refractivity contribution in [3.8, 4) is 11.5 Å². The zero-order chi connectivity index (χ0) is 21.8. The lowest BCUT2D eigenvalue weighted by molar-refractivity contribution is -0.127. The van der Waals surface area contributed by atoms with Crippen LogP contribution >= 0.6 is 0 Å². The average Bonchev–Trinajstić information content (AvgIpc) is 3.13. The molecule has 0 spiro atoms. The van der Waals surface area contributed by atoms with Crippen LogP contribution in [-0.2, 0) is 18.4 Å². The van der Waals surface area contributed by atoms with E-state index in [4.69, 9.17) is 14.5 Å². The van der Waals surface area contributed by atoms with E-state index in [2.05, 4.69) is 22.6 Å². The van der Waals surface area contributed by atoms with Crippen molar-refractivity contribution >= 4 is 23.0 Å². The Hall–Kier alpha value is -3.32. The summed E-state index contributed by atoms with van der Waals surface area (Å²) in [5, 5.41) is 0. The number of ether oxygens (including phenoxy) is 2. The highest BCUT2D eigenvalue weighted by Gasteiger charge is 2.21. The number of fused-ring (bicyclic) bond motifs is 1. The SMILES string of the molecule is COc1ccc(/C=C/C(=O)N2CCN(Cc3nc4ccccc4n3C)CC2)cc1OC. The van der Waals surface area contributed by atoms with E-state index in [1.807, 2.05) is 47.4 Å². The Kier molecular flexibility index (Phi) is 6.23. The minimum atomic E-state index is 0.0252. The van der Waals surface area contributed by atoms with E-state index < -0.39 is 0 Å². The maximum atomic E-state index is 12.6. The molecule has 0 aliphatic carbocycles. The number of imidazole rings is 1. The number of benzene rings is 2. The van der Waals surface area contributed by atoms with Gasteiger partial charge in [0.1, 0.15) is 5.82 Å². The Labute approximate surface area is 182 Å². The third-order valence-corrected chi connectivity index (χ3v) is 5.75. The van der Waals surface area contributed by atoms with E-state index in [0.717, 1.165) is 42.1 Å². The van der Waals surface area contributed by atoms with Crippen LogP contribution in [0.1, 0.15) is 11.4 Å². The van der Waals surface area contributed by atoms with Gasteiger partial charge in [-0.25, -0.2) is 4.98 Å². The van der Waals surface area contributed by atoms with Crippen molar-refractivity contribution in [1.29, 1.82) is 0 Å². The molecule has 4 rings (SSSR count). The van der Waals surface area contributed by atoms with Gasteiger partial charge in [0.05, 0.1) is 31.8 Å². The maximum Gasteiger partial charge on any atom is 0.246 e. The van der Waals surface area contributed by atoms with Gasteiger partial charge in [0, 0.05) is 39.3 Å². The molecule has 0 saturated carbocycles. The molecular formula is C24H28N4O3. The number of methoxy groups -OCH3 is 2. The van der Waals surface area contributed by atoms with E-state index in [9.17, 15) is 4.79 Å². The van der Waals surface area contributed by atoms with Gasteiger partial charge in [0.2, 0.25) is 5.91 Å². The number of hydrogen-bond acceptors (Lipinski definition) is 5. The summed E-state index contributed by atoms with van der Waals surface area (Å²) in [4.78, 5) is 21.6. The highest BCUT2D eigenvalue weighted by atomic mass is 16.5. The van der Waals surface area contributed by atoms with Crippen LogP contribution in [0.5, 0.6) is 11.5 Å². The highest BCUT2D eigenvalue weighted by molar-refractivity contribution is 5.92. The molecular weight excluding hydrogens is 392 g/mol. The number of rotatable bonds is 6. The third kappa shape index (κ3) is 4.56. The lowest BCUT2D eigenvalue weighted by atomic mass is 10.2. The van der Waals surface area contributed by atoms with Gasteiger partial charge in [-0.15, -0.1) is 0 Å². The van der Waals surface area contributed by atoms with Gasteiger partial charge in [-0.3, -0.25) is 9.69 Å². The quantitative estimate of drug-likeness (QED) is 0.574. The molecule has 31 heavy (non-hydrogen) atoms. The van der Waals surface area contributed by atoms with Gasteiger partial charge in [-0.05, 0) is 35.9 Å². The number of aryl methyl sites for hydroxylation is 1. The Morgan fingerprint density at radius 3 is 2.48 bits per heavy atom. The predicted octanol–water partition coefficient (Wildman–Crippen LogP) is 2.95. The van der Waals surface area contributed by atoms with Crippen molar-refractivity contribution in [2.24, 2.45) is 7.05 Å². The summed E-state index contributed by atoms with van der Waals surface area (Å²) in [6, 6.07) is 13.8. The van der Waals surface area contributed by atoms with Crippen LogP contribution in [-0.4, -0.2) is 65.7 Å². The van der Waals surface area contributed by atoms with Crippen molar-refractivity contribution in [1.82, 2.24) is 19.4 Å². The number of nitrogens with zero attached hydrogens (tertiary/aromatic N) is 4. The molecule has 0 bridgehead atoms. The number of carbonyl (C=O) groups is 1. The number of hydrogen-bond donors (Lipinski definition) is 0. The fraction of sp³-hybridized carbons (Fsp3) is 0.333. The second-order valence-corrected chi connectivity index (χ2v) is 7.62. The minimum absolute atomic E-state index is 0.0252. The van der Waals surface area contributed by atoms with E-state index in [1.165, 1.54) is 0 Å². The Balaban J connectivity index is 1.33. The Morgan fingerprint density at radius 2 is 1.77 bits per heavy atom. The second-order valence-electron chi connectivity index (χ2n) is 7.62.